The molecule has 0 fully saturated rings. The number of nitrogens with two attached hydrogens (primary N) is 1. The van der Waals surface area contributed by atoms with Crippen LogP contribution in [0.15, 0.2) is 47.4 Å². The quantitative estimate of drug-likeness (QED) is 0.806. The van der Waals surface area contributed by atoms with Crippen molar-refractivity contribution in [2.75, 3.05) is 12.3 Å². The first-order valence-electron chi connectivity index (χ1n) is 5.76. The predicted molar refractivity (Wildman–Crippen MR) is 69.5 cm³/mol. The molecule has 0 saturated carbocycles. The Hall–Kier alpha value is -2.30. The summed E-state index contributed by atoms with van der Waals surface area (Å²) < 4.78 is 6.90. The lowest BCUT2D eigenvalue weighted by Crippen LogP contribution is -2.23. The highest BCUT2D eigenvalue weighted by molar-refractivity contribution is 5.31. The summed E-state index contributed by atoms with van der Waals surface area (Å²) in [4.78, 5) is 11.5. The smallest absolute Gasteiger partial charge is 0.268 e. The molecule has 0 aliphatic heterocycles. The number of nitrogens with zero attached hydrogens (tertiary/aromatic N) is 2. The predicted octanol–water partition coefficient (Wildman–Crippen LogP) is 1.29. The summed E-state index contributed by atoms with van der Waals surface area (Å²) in [5.74, 6) is 0.829. The molecule has 1 heterocycles. The van der Waals surface area contributed by atoms with E-state index in [0.29, 0.717) is 25.3 Å². The van der Waals surface area contributed by atoms with Crippen molar-refractivity contribution in [2.24, 2.45) is 0 Å². The van der Waals surface area contributed by atoms with Crippen LogP contribution in [0.3, 0.4) is 0 Å². The average molecular weight is 245 g/mol. The third-order valence-corrected chi connectivity index (χ3v) is 2.42. The van der Waals surface area contributed by atoms with Crippen molar-refractivity contribution in [1.82, 2.24) is 9.78 Å². The Labute approximate surface area is 105 Å². The summed E-state index contributed by atoms with van der Waals surface area (Å²) in [6, 6.07) is 10.9. The molecule has 1 aromatic carbocycles. The van der Waals surface area contributed by atoms with Crippen molar-refractivity contribution < 1.29 is 4.74 Å². The van der Waals surface area contributed by atoms with Gasteiger partial charge in [-0.25, -0.2) is 4.68 Å². The van der Waals surface area contributed by atoms with E-state index in [-0.39, 0.29) is 5.56 Å². The van der Waals surface area contributed by atoms with Gasteiger partial charge in [0.2, 0.25) is 0 Å². The van der Waals surface area contributed by atoms with Gasteiger partial charge in [0.1, 0.15) is 5.75 Å². The third kappa shape index (κ3) is 3.35. The van der Waals surface area contributed by atoms with Crippen molar-refractivity contribution >= 4 is 5.69 Å². The molecule has 0 atom stereocenters. The molecule has 94 valence electrons. The number of hydrogen-bond acceptors (Lipinski definition) is 4. The Balaban J connectivity index is 1.80. The average Bonchev–Trinajstić information content (AvgIpc) is 2.38. The fourth-order valence-electron chi connectivity index (χ4n) is 1.54. The minimum atomic E-state index is -0.185. The second kappa shape index (κ2) is 5.86. The highest BCUT2D eigenvalue weighted by Crippen LogP contribution is 2.08. The SMILES string of the molecule is Nc1cnn(CCCOc2ccccc2)c(=O)c1. The van der Waals surface area contributed by atoms with Crippen molar-refractivity contribution in [3.05, 3.63) is 52.9 Å². The molecule has 5 nitrogen and oxygen atoms in total. The molecular formula is C13H15N3O2. The highest BCUT2D eigenvalue weighted by Gasteiger charge is 1.98. The monoisotopic (exact) mass is 245 g/mol. The van der Waals surface area contributed by atoms with Gasteiger partial charge in [-0.05, 0) is 12.1 Å². The number of benzene rings is 1. The maximum absolute atomic E-state index is 11.5. The zero-order valence-corrected chi connectivity index (χ0v) is 9.95. The van der Waals surface area contributed by atoms with E-state index in [4.69, 9.17) is 10.5 Å². The van der Waals surface area contributed by atoms with Crippen LogP contribution in [-0.2, 0) is 6.54 Å². The minimum absolute atomic E-state index is 0.185. The van der Waals surface area contributed by atoms with Crippen LogP contribution in [0.2, 0.25) is 0 Å². The molecule has 2 aromatic rings. The number of rotatable bonds is 5. The Morgan fingerprint density at radius 3 is 2.78 bits per heavy atom. The van der Waals surface area contributed by atoms with Gasteiger partial charge in [-0.3, -0.25) is 4.79 Å². The second-order valence-corrected chi connectivity index (χ2v) is 3.87. The topological polar surface area (TPSA) is 70.1 Å². The zero-order chi connectivity index (χ0) is 12.8. The molecular weight excluding hydrogens is 230 g/mol. The lowest BCUT2D eigenvalue weighted by atomic mass is 10.3. The van der Waals surface area contributed by atoms with Gasteiger partial charge in [0.15, 0.2) is 0 Å². The number of hydrogen-bond donors (Lipinski definition) is 1. The standard InChI is InChI=1S/C13H15N3O2/c14-11-9-13(17)16(15-10-11)7-4-8-18-12-5-2-1-3-6-12/h1-3,5-6,9-10H,4,7-8,14H2. The fraction of sp³-hybridized carbons (Fsp3) is 0.231. The van der Waals surface area contributed by atoms with E-state index < -0.39 is 0 Å². The van der Waals surface area contributed by atoms with E-state index in [0.717, 1.165) is 5.75 Å². The minimum Gasteiger partial charge on any atom is -0.494 e. The molecule has 0 amide bonds. The van der Waals surface area contributed by atoms with E-state index in [2.05, 4.69) is 5.10 Å². The second-order valence-electron chi connectivity index (χ2n) is 3.87. The van der Waals surface area contributed by atoms with Crippen LogP contribution in [0, 0.1) is 0 Å². The summed E-state index contributed by atoms with van der Waals surface area (Å²) in [5.41, 5.74) is 5.66. The van der Waals surface area contributed by atoms with Crippen LogP contribution >= 0.6 is 0 Å². The zero-order valence-electron chi connectivity index (χ0n) is 9.95. The van der Waals surface area contributed by atoms with Crippen molar-refractivity contribution in [1.29, 1.82) is 0 Å². The number of nitrogen functional groups attached to an aromatic ring is 1. The lowest BCUT2D eigenvalue weighted by molar-refractivity contribution is 0.297. The molecule has 18 heavy (non-hydrogen) atoms. The molecule has 1 aromatic heterocycles. The third-order valence-electron chi connectivity index (χ3n) is 2.42. The summed E-state index contributed by atoms with van der Waals surface area (Å²) in [6.45, 7) is 1.06. The highest BCUT2D eigenvalue weighted by atomic mass is 16.5. The van der Waals surface area contributed by atoms with Crippen LogP contribution in [0.25, 0.3) is 0 Å². The molecule has 0 radical (unpaired) electrons. The van der Waals surface area contributed by atoms with Crippen molar-refractivity contribution in [2.45, 2.75) is 13.0 Å². The van der Waals surface area contributed by atoms with Gasteiger partial charge in [-0.1, -0.05) is 18.2 Å². The van der Waals surface area contributed by atoms with Gasteiger partial charge in [0, 0.05) is 19.0 Å². The van der Waals surface area contributed by atoms with Gasteiger partial charge in [-0.2, -0.15) is 5.10 Å². The molecule has 5 heteroatoms. The van der Waals surface area contributed by atoms with E-state index in [1.165, 1.54) is 16.9 Å². The first-order valence-corrected chi connectivity index (χ1v) is 5.76. The molecule has 0 unspecified atom stereocenters. The largest absolute Gasteiger partial charge is 0.494 e. The lowest BCUT2D eigenvalue weighted by Gasteiger charge is -2.06. The summed E-state index contributed by atoms with van der Waals surface area (Å²) in [6.07, 6.45) is 2.19. The Bertz CT molecular complexity index is 552. The molecule has 2 N–H and O–H groups in total. The maximum atomic E-state index is 11.5. The molecule has 0 aliphatic rings. The maximum Gasteiger partial charge on any atom is 0.268 e. The van der Waals surface area contributed by atoms with Crippen molar-refractivity contribution in [3.63, 3.8) is 0 Å². The van der Waals surface area contributed by atoms with E-state index >= 15 is 0 Å². The fourth-order valence-corrected chi connectivity index (χ4v) is 1.54. The Morgan fingerprint density at radius 2 is 2.06 bits per heavy atom. The summed E-state index contributed by atoms with van der Waals surface area (Å²) in [5, 5.41) is 3.95. The van der Waals surface area contributed by atoms with Crippen LogP contribution in [0.5, 0.6) is 5.75 Å². The number of anilines is 1. The number of ether oxygens (including phenoxy) is 1. The first-order chi connectivity index (χ1) is 8.75. The van der Waals surface area contributed by atoms with E-state index in [1.54, 1.807) is 0 Å². The van der Waals surface area contributed by atoms with E-state index in [9.17, 15) is 4.79 Å². The molecule has 0 spiro atoms. The number of aromatic nitrogens is 2. The molecule has 2 rings (SSSR count). The molecule has 0 aliphatic carbocycles. The normalized spacial score (nSPS) is 10.2. The summed E-state index contributed by atoms with van der Waals surface area (Å²) >= 11 is 0. The van der Waals surface area contributed by atoms with Crippen LogP contribution < -0.4 is 16.0 Å². The Morgan fingerprint density at radius 1 is 1.28 bits per heavy atom. The van der Waals surface area contributed by atoms with Crippen LogP contribution in [-0.4, -0.2) is 16.4 Å². The van der Waals surface area contributed by atoms with Gasteiger partial charge in [0.05, 0.1) is 18.5 Å². The van der Waals surface area contributed by atoms with Crippen LogP contribution in [0.1, 0.15) is 6.42 Å². The first kappa shape index (κ1) is 12.2. The van der Waals surface area contributed by atoms with Gasteiger partial charge in [0.25, 0.3) is 5.56 Å². The molecule has 0 saturated heterocycles. The van der Waals surface area contributed by atoms with E-state index in [1.807, 2.05) is 30.3 Å². The van der Waals surface area contributed by atoms with Gasteiger partial charge < -0.3 is 10.5 Å². The summed E-state index contributed by atoms with van der Waals surface area (Å²) in [7, 11) is 0. The van der Waals surface area contributed by atoms with Gasteiger partial charge >= 0.3 is 0 Å². The molecule has 0 bridgehead atoms. The van der Waals surface area contributed by atoms with Crippen LogP contribution in [0.4, 0.5) is 5.69 Å². The Kier molecular flexibility index (Phi) is 3.96. The number of para-hydroxylation sites is 1. The van der Waals surface area contributed by atoms with Crippen molar-refractivity contribution in [3.8, 4) is 5.75 Å². The van der Waals surface area contributed by atoms with Gasteiger partial charge in [-0.15, -0.1) is 0 Å². The number of aryl methyl sites for hydroxylation is 1.